The van der Waals surface area contributed by atoms with Gasteiger partial charge in [0.2, 0.25) is 0 Å². The molecule has 4 aromatic rings. The lowest BCUT2D eigenvalue weighted by atomic mass is 9.98. The Hall–Kier alpha value is -3.65. The zero-order valence-electron chi connectivity index (χ0n) is 14.5. The van der Waals surface area contributed by atoms with Crippen molar-refractivity contribution in [2.45, 2.75) is 0 Å². The van der Waals surface area contributed by atoms with E-state index in [2.05, 4.69) is 16.0 Å². The van der Waals surface area contributed by atoms with Crippen LogP contribution < -0.4 is 4.74 Å². The molecule has 0 fully saturated rings. The van der Waals surface area contributed by atoms with Crippen LogP contribution in [0.15, 0.2) is 61.1 Å². The number of aryl methyl sites for hydroxylation is 1. The third-order valence-corrected chi connectivity index (χ3v) is 4.51. The number of aromatic nitrogens is 3. The van der Waals surface area contributed by atoms with Crippen LogP contribution in [0.4, 0.5) is 0 Å². The molecule has 0 spiro atoms. The molecule has 26 heavy (non-hydrogen) atoms. The predicted octanol–water partition coefficient (Wildman–Crippen LogP) is 4.18. The second kappa shape index (κ2) is 6.34. The number of rotatable bonds is 3. The average molecular weight is 340 g/mol. The first-order valence-electron chi connectivity index (χ1n) is 8.17. The molecular weight excluding hydrogens is 324 g/mol. The topological polar surface area (TPSA) is 63.7 Å². The van der Waals surface area contributed by atoms with Gasteiger partial charge in [0.1, 0.15) is 11.4 Å². The van der Waals surface area contributed by atoms with E-state index in [0.717, 1.165) is 39.2 Å². The third-order valence-electron chi connectivity index (χ3n) is 4.51. The van der Waals surface area contributed by atoms with Crippen molar-refractivity contribution in [3.05, 3.63) is 66.6 Å². The Balaban J connectivity index is 2.12. The SMILES string of the molecule is COc1ccc(-c2c(-c3cccnc3)c3c(C#N)ccnc3n2C)cc1. The van der Waals surface area contributed by atoms with Gasteiger partial charge in [-0.1, -0.05) is 6.07 Å². The fourth-order valence-corrected chi connectivity index (χ4v) is 3.32. The molecular formula is C21H16N4O. The molecule has 0 saturated heterocycles. The summed E-state index contributed by atoms with van der Waals surface area (Å²) in [6.45, 7) is 0. The van der Waals surface area contributed by atoms with Crippen LogP contribution in [0.2, 0.25) is 0 Å². The van der Waals surface area contributed by atoms with Gasteiger partial charge in [-0.2, -0.15) is 5.26 Å². The lowest BCUT2D eigenvalue weighted by molar-refractivity contribution is 0.415. The van der Waals surface area contributed by atoms with Gasteiger partial charge in [0.15, 0.2) is 0 Å². The summed E-state index contributed by atoms with van der Waals surface area (Å²) in [6.07, 6.45) is 5.23. The molecule has 0 bridgehead atoms. The van der Waals surface area contributed by atoms with Crippen LogP contribution in [0.1, 0.15) is 5.56 Å². The molecule has 3 aromatic heterocycles. The molecule has 0 aliphatic carbocycles. The van der Waals surface area contributed by atoms with E-state index >= 15 is 0 Å². The smallest absolute Gasteiger partial charge is 0.142 e. The maximum absolute atomic E-state index is 9.63. The lowest BCUT2D eigenvalue weighted by Gasteiger charge is -2.09. The highest BCUT2D eigenvalue weighted by atomic mass is 16.5. The third kappa shape index (κ3) is 2.40. The van der Waals surface area contributed by atoms with Crippen LogP contribution in [-0.4, -0.2) is 21.6 Å². The zero-order chi connectivity index (χ0) is 18.1. The number of nitrogens with zero attached hydrogens (tertiary/aromatic N) is 4. The Morgan fingerprint density at radius 3 is 2.50 bits per heavy atom. The van der Waals surface area contributed by atoms with E-state index in [1.807, 2.05) is 54.2 Å². The summed E-state index contributed by atoms with van der Waals surface area (Å²) in [4.78, 5) is 8.78. The van der Waals surface area contributed by atoms with Crippen LogP contribution in [0.3, 0.4) is 0 Å². The van der Waals surface area contributed by atoms with Crippen molar-refractivity contribution in [1.82, 2.24) is 14.5 Å². The van der Waals surface area contributed by atoms with E-state index in [1.54, 1.807) is 25.6 Å². The summed E-state index contributed by atoms with van der Waals surface area (Å²) >= 11 is 0. The van der Waals surface area contributed by atoms with Gasteiger partial charge >= 0.3 is 0 Å². The van der Waals surface area contributed by atoms with Gasteiger partial charge < -0.3 is 9.30 Å². The van der Waals surface area contributed by atoms with E-state index in [0.29, 0.717) is 5.56 Å². The fraction of sp³-hybridized carbons (Fsp3) is 0.0952. The second-order valence-electron chi connectivity index (χ2n) is 5.92. The van der Waals surface area contributed by atoms with Crippen molar-refractivity contribution < 1.29 is 4.74 Å². The Morgan fingerprint density at radius 2 is 1.85 bits per heavy atom. The first-order chi connectivity index (χ1) is 12.7. The number of ether oxygens (including phenoxy) is 1. The van der Waals surface area contributed by atoms with Gasteiger partial charge in [-0.3, -0.25) is 4.98 Å². The van der Waals surface area contributed by atoms with Crippen molar-refractivity contribution in [3.8, 4) is 34.2 Å². The van der Waals surface area contributed by atoms with Gasteiger partial charge in [0.25, 0.3) is 0 Å². The van der Waals surface area contributed by atoms with E-state index < -0.39 is 0 Å². The molecule has 0 aliphatic heterocycles. The Labute approximate surface area is 151 Å². The molecule has 126 valence electrons. The molecule has 0 radical (unpaired) electrons. The molecule has 0 unspecified atom stereocenters. The second-order valence-corrected chi connectivity index (χ2v) is 5.92. The average Bonchev–Trinajstić information content (AvgIpc) is 3.01. The van der Waals surface area contributed by atoms with Gasteiger partial charge in [0.05, 0.1) is 24.4 Å². The Bertz CT molecular complexity index is 1120. The molecule has 4 rings (SSSR count). The Kier molecular flexibility index (Phi) is 3.86. The van der Waals surface area contributed by atoms with Crippen LogP contribution in [0.25, 0.3) is 33.4 Å². The minimum absolute atomic E-state index is 0.601. The minimum atomic E-state index is 0.601. The number of fused-ring (bicyclic) bond motifs is 1. The maximum Gasteiger partial charge on any atom is 0.142 e. The Morgan fingerprint density at radius 1 is 1.04 bits per heavy atom. The molecule has 0 aliphatic rings. The molecule has 3 heterocycles. The summed E-state index contributed by atoms with van der Waals surface area (Å²) in [5.41, 5.74) is 5.30. The van der Waals surface area contributed by atoms with Gasteiger partial charge in [-0.25, -0.2) is 4.98 Å². The number of benzene rings is 1. The summed E-state index contributed by atoms with van der Waals surface area (Å²) < 4.78 is 7.30. The molecule has 1 aromatic carbocycles. The molecule has 5 heteroatoms. The minimum Gasteiger partial charge on any atom is -0.497 e. The highest BCUT2D eigenvalue weighted by molar-refractivity contribution is 6.05. The number of methoxy groups -OCH3 is 1. The van der Waals surface area contributed by atoms with Crippen molar-refractivity contribution in [2.24, 2.45) is 7.05 Å². The first kappa shape index (κ1) is 15.9. The van der Waals surface area contributed by atoms with Gasteiger partial charge in [0, 0.05) is 42.2 Å². The normalized spacial score (nSPS) is 10.7. The summed E-state index contributed by atoms with van der Waals surface area (Å²) in [5.74, 6) is 0.797. The number of nitriles is 1. The highest BCUT2D eigenvalue weighted by Gasteiger charge is 2.21. The highest BCUT2D eigenvalue weighted by Crippen LogP contribution is 2.41. The van der Waals surface area contributed by atoms with Crippen molar-refractivity contribution in [3.63, 3.8) is 0 Å². The lowest BCUT2D eigenvalue weighted by Crippen LogP contribution is -1.94. The molecule has 0 N–H and O–H groups in total. The van der Waals surface area contributed by atoms with Crippen molar-refractivity contribution in [2.75, 3.05) is 7.11 Å². The molecule has 0 saturated carbocycles. The van der Waals surface area contributed by atoms with E-state index in [4.69, 9.17) is 4.74 Å². The number of hydrogen-bond acceptors (Lipinski definition) is 4. The molecule has 0 amide bonds. The summed E-state index contributed by atoms with van der Waals surface area (Å²) in [7, 11) is 3.62. The van der Waals surface area contributed by atoms with Crippen LogP contribution in [-0.2, 0) is 7.05 Å². The van der Waals surface area contributed by atoms with E-state index in [9.17, 15) is 5.26 Å². The quantitative estimate of drug-likeness (QED) is 0.561. The zero-order valence-corrected chi connectivity index (χ0v) is 14.5. The number of pyridine rings is 2. The van der Waals surface area contributed by atoms with Crippen molar-refractivity contribution >= 4 is 11.0 Å². The van der Waals surface area contributed by atoms with Crippen LogP contribution in [0.5, 0.6) is 5.75 Å². The van der Waals surface area contributed by atoms with Crippen LogP contribution >= 0.6 is 0 Å². The van der Waals surface area contributed by atoms with Gasteiger partial charge in [-0.05, 0) is 42.0 Å². The van der Waals surface area contributed by atoms with Gasteiger partial charge in [-0.15, -0.1) is 0 Å². The predicted molar refractivity (Wildman–Crippen MR) is 101 cm³/mol. The molecule has 5 nitrogen and oxygen atoms in total. The molecule has 0 atom stereocenters. The summed E-state index contributed by atoms with van der Waals surface area (Å²) in [6, 6.07) is 15.8. The van der Waals surface area contributed by atoms with E-state index in [-0.39, 0.29) is 0 Å². The fourth-order valence-electron chi connectivity index (χ4n) is 3.32. The summed E-state index contributed by atoms with van der Waals surface area (Å²) in [5, 5.41) is 10.5. The monoisotopic (exact) mass is 340 g/mol. The van der Waals surface area contributed by atoms with Crippen LogP contribution in [0, 0.1) is 11.3 Å². The first-order valence-corrected chi connectivity index (χ1v) is 8.17. The standard InChI is InChI=1S/C21H16N4O/c1-25-20(14-5-7-17(26-2)8-6-14)18(16-4-3-10-23-13-16)19-15(12-22)9-11-24-21(19)25/h3-11,13H,1-2H3. The number of hydrogen-bond donors (Lipinski definition) is 0. The van der Waals surface area contributed by atoms with E-state index in [1.165, 1.54) is 0 Å². The van der Waals surface area contributed by atoms with Crippen molar-refractivity contribution in [1.29, 1.82) is 5.26 Å². The maximum atomic E-state index is 9.63. The largest absolute Gasteiger partial charge is 0.497 e.